The zero-order valence-corrected chi connectivity index (χ0v) is 14.7. The van der Waals surface area contributed by atoms with Crippen molar-refractivity contribution in [3.05, 3.63) is 0 Å². The summed E-state index contributed by atoms with van der Waals surface area (Å²) in [5, 5.41) is 5.77. The first-order chi connectivity index (χ1) is 11.5. The topological polar surface area (TPSA) is 64.7 Å². The number of hydrogen-bond donors (Lipinski definition) is 2. The van der Waals surface area contributed by atoms with Crippen LogP contribution in [0.5, 0.6) is 0 Å². The molecule has 0 spiro atoms. The lowest BCUT2D eigenvalue weighted by Crippen LogP contribution is -2.62. The Balaban J connectivity index is 1.27. The Hall–Kier alpha value is -1.14. The fourth-order valence-corrected chi connectivity index (χ4v) is 5.91. The van der Waals surface area contributed by atoms with E-state index in [0.717, 1.165) is 63.2 Å². The van der Waals surface area contributed by atoms with Crippen molar-refractivity contribution in [3.63, 3.8) is 0 Å². The standard InChI is InChI=1S/C18H30N4O2/c1-21-2-4-22(5-3-21)12-16(23)19-17(24)20-18-9-13-6-14(10-18)8-15(7-13)11-18/h13-15H,2-12H2,1H3,(H2,19,20,23,24). The number of piperazine rings is 1. The molecule has 134 valence electrons. The van der Waals surface area contributed by atoms with Crippen LogP contribution in [0.2, 0.25) is 0 Å². The molecule has 1 aliphatic heterocycles. The van der Waals surface area contributed by atoms with Gasteiger partial charge in [-0.05, 0) is 63.3 Å². The van der Waals surface area contributed by atoms with E-state index in [4.69, 9.17) is 0 Å². The van der Waals surface area contributed by atoms with Crippen LogP contribution in [0.25, 0.3) is 0 Å². The number of imide groups is 1. The molecule has 3 amide bonds. The molecule has 24 heavy (non-hydrogen) atoms. The Morgan fingerprint density at radius 1 is 0.958 bits per heavy atom. The van der Waals surface area contributed by atoms with Crippen molar-refractivity contribution in [3.8, 4) is 0 Å². The first-order valence-corrected chi connectivity index (χ1v) is 9.53. The molecule has 6 nitrogen and oxygen atoms in total. The van der Waals surface area contributed by atoms with Crippen LogP contribution in [0.1, 0.15) is 38.5 Å². The molecular weight excluding hydrogens is 304 g/mol. The summed E-state index contributed by atoms with van der Waals surface area (Å²) in [6.45, 7) is 4.06. The summed E-state index contributed by atoms with van der Waals surface area (Å²) >= 11 is 0. The molecule has 0 unspecified atom stereocenters. The van der Waals surface area contributed by atoms with E-state index in [1.165, 1.54) is 19.3 Å². The summed E-state index contributed by atoms with van der Waals surface area (Å²) in [6, 6.07) is -0.281. The summed E-state index contributed by atoms with van der Waals surface area (Å²) in [4.78, 5) is 28.9. The molecule has 2 N–H and O–H groups in total. The predicted molar refractivity (Wildman–Crippen MR) is 91.5 cm³/mol. The van der Waals surface area contributed by atoms with Crippen LogP contribution in [0, 0.1) is 17.8 Å². The lowest BCUT2D eigenvalue weighted by molar-refractivity contribution is -0.121. The monoisotopic (exact) mass is 334 g/mol. The highest BCUT2D eigenvalue weighted by Gasteiger charge is 2.51. The maximum absolute atomic E-state index is 12.4. The van der Waals surface area contributed by atoms with Crippen molar-refractivity contribution in [2.75, 3.05) is 39.8 Å². The van der Waals surface area contributed by atoms with E-state index in [2.05, 4.69) is 27.5 Å². The van der Waals surface area contributed by atoms with Crippen LogP contribution in [-0.2, 0) is 4.79 Å². The van der Waals surface area contributed by atoms with Crippen molar-refractivity contribution in [2.24, 2.45) is 17.8 Å². The lowest BCUT2D eigenvalue weighted by atomic mass is 9.53. The summed E-state index contributed by atoms with van der Waals surface area (Å²) in [6.07, 6.45) is 7.39. The molecule has 0 radical (unpaired) electrons. The molecule has 4 aliphatic carbocycles. The minimum Gasteiger partial charge on any atom is -0.332 e. The van der Waals surface area contributed by atoms with Gasteiger partial charge in [-0.2, -0.15) is 0 Å². The molecular formula is C18H30N4O2. The van der Waals surface area contributed by atoms with Gasteiger partial charge in [0, 0.05) is 31.7 Å². The Bertz CT molecular complexity index is 478. The van der Waals surface area contributed by atoms with Crippen LogP contribution >= 0.6 is 0 Å². The number of urea groups is 1. The van der Waals surface area contributed by atoms with Crippen molar-refractivity contribution in [2.45, 2.75) is 44.1 Å². The third kappa shape index (κ3) is 3.45. The SMILES string of the molecule is CN1CCN(CC(=O)NC(=O)NC23CC4CC(CC(C4)C2)C3)CC1. The minimum absolute atomic E-state index is 0.0348. The van der Waals surface area contributed by atoms with Gasteiger partial charge in [0.1, 0.15) is 0 Å². The van der Waals surface area contributed by atoms with E-state index >= 15 is 0 Å². The van der Waals surface area contributed by atoms with Crippen molar-refractivity contribution in [1.29, 1.82) is 0 Å². The molecule has 4 saturated carbocycles. The van der Waals surface area contributed by atoms with E-state index in [-0.39, 0.29) is 17.5 Å². The van der Waals surface area contributed by atoms with Gasteiger partial charge in [0.25, 0.3) is 0 Å². The number of nitrogens with zero attached hydrogens (tertiary/aromatic N) is 2. The van der Waals surface area contributed by atoms with E-state index in [0.29, 0.717) is 6.54 Å². The average Bonchev–Trinajstić information content (AvgIpc) is 2.47. The summed E-state index contributed by atoms with van der Waals surface area (Å²) < 4.78 is 0. The number of hydrogen-bond acceptors (Lipinski definition) is 4. The Morgan fingerprint density at radius 3 is 2.04 bits per heavy atom. The minimum atomic E-state index is -0.281. The first kappa shape index (κ1) is 16.3. The van der Waals surface area contributed by atoms with E-state index in [1.807, 2.05) is 0 Å². The molecule has 0 aromatic rings. The van der Waals surface area contributed by atoms with E-state index < -0.39 is 0 Å². The maximum Gasteiger partial charge on any atom is 0.321 e. The van der Waals surface area contributed by atoms with Gasteiger partial charge in [0.2, 0.25) is 5.91 Å². The third-order valence-electron chi connectivity index (χ3n) is 6.63. The summed E-state index contributed by atoms with van der Waals surface area (Å²) in [7, 11) is 2.09. The van der Waals surface area contributed by atoms with Crippen LogP contribution in [0.3, 0.4) is 0 Å². The number of amides is 3. The number of carbonyl (C=O) groups excluding carboxylic acids is 2. The molecule has 0 atom stereocenters. The smallest absolute Gasteiger partial charge is 0.321 e. The van der Waals surface area contributed by atoms with Crippen LogP contribution < -0.4 is 10.6 Å². The zero-order valence-electron chi connectivity index (χ0n) is 14.7. The molecule has 1 heterocycles. The van der Waals surface area contributed by atoms with Gasteiger partial charge in [-0.3, -0.25) is 15.0 Å². The molecule has 4 bridgehead atoms. The van der Waals surface area contributed by atoms with Crippen LogP contribution in [0.4, 0.5) is 4.79 Å². The molecule has 0 aromatic carbocycles. The largest absolute Gasteiger partial charge is 0.332 e. The fraction of sp³-hybridized carbons (Fsp3) is 0.889. The molecule has 5 rings (SSSR count). The van der Waals surface area contributed by atoms with Crippen molar-refractivity contribution < 1.29 is 9.59 Å². The molecule has 1 saturated heterocycles. The third-order valence-corrected chi connectivity index (χ3v) is 6.63. The highest BCUT2D eigenvalue weighted by atomic mass is 16.2. The van der Waals surface area contributed by atoms with Gasteiger partial charge < -0.3 is 10.2 Å². The first-order valence-electron chi connectivity index (χ1n) is 9.53. The summed E-state index contributed by atoms with van der Waals surface area (Å²) in [5.74, 6) is 2.19. The van der Waals surface area contributed by atoms with Gasteiger partial charge in [-0.15, -0.1) is 0 Å². The van der Waals surface area contributed by atoms with Crippen LogP contribution in [-0.4, -0.2) is 67.0 Å². The Kier molecular flexibility index (Phi) is 4.29. The molecule has 5 fully saturated rings. The highest BCUT2D eigenvalue weighted by Crippen LogP contribution is 2.55. The number of rotatable bonds is 3. The maximum atomic E-state index is 12.4. The Labute approximate surface area is 144 Å². The number of nitrogens with one attached hydrogen (secondary N) is 2. The second-order valence-corrected chi connectivity index (χ2v) is 8.78. The van der Waals surface area contributed by atoms with E-state index in [9.17, 15) is 9.59 Å². The predicted octanol–water partition coefficient (Wildman–Crippen LogP) is 1.03. The normalized spacial score (nSPS) is 39.0. The van der Waals surface area contributed by atoms with Crippen molar-refractivity contribution >= 4 is 11.9 Å². The van der Waals surface area contributed by atoms with Crippen molar-refractivity contribution in [1.82, 2.24) is 20.4 Å². The van der Waals surface area contributed by atoms with Gasteiger partial charge in [0.15, 0.2) is 0 Å². The number of likely N-dealkylation sites (N-methyl/N-ethyl adjacent to an activating group) is 1. The van der Waals surface area contributed by atoms with E-state index in [1.54, 1.807) is 0 Å². The second kappa shape index (κ2) is 6.30. The Morgan fingerprint density at radius 2 is 1.50 bits per heavy atom. The number of carbonyl (C=O) groups is 2. The van der Waals surface area contributed by atoms with Gasteiger partial charge in [-0.25, -0.2) is 4.79 Å². The second-order valence-electron chi connectivity index (χ2n) is 8.78. The van der Waals surface area contributed by atoms with Crippen LogP contribution in [0.15, 0.2) is 0 Å². The molecule has 0 aromatic heterocycles. The van der Waals surface area contributed by atoms with Gasteiger partial charge >= 0.3 is 6.03 Å². The molecule has 6 heteroatoms. The van der Waals surface area contributed by atoms with Gasteiger partial charge in [-0.1, -0.05) is 0 Å². The zero-order chi connectivity index (χ0) is 16.7. The average molecular weight is 334 g/mol. The lowest BCUT2D eigenvalue weighted by Gasteiger charge is -2.56. The fourth-order valence-electron chi connectivity index (χ4n) is 5.91. The molecule has 5 aliphatic rings. The quantitative estimate of drug-likeness (QED) is 0.809. The van der Waals surface area contributed by atoms with Gasteiger partial charge in [0.05, 0.1) is 6.54 Å². The summed E-state index contributed by atoms with van der Waals surface area (Å²) in [5.41, 5.74) is -0.0348. The highest BCUT2D eigenvalue weighted by molar-refractivity contribution is 5.95.